The van der Waals surface area contributed by atoms with Crippen molar-refractivity contribution in [2.75, 3.05) is 0 Å². The summed E-state index contributed by atoms with van der Waals surface area (Å²) in [6, 6.07) is 16.6. The summed E-state index contributed by atoms with van der Waals surface area (Å²) in [6.45, 7) is 23.8. The van der Waals surface area contributed by atoms with Gasteiger partial charge in [-0.15, -0.1) is 0 Å². The van der Waals surface area contributed by atoms with Gasteiger partial charge in [-0.2, -0.15) is 0 Å². The van der Waals surface area contributed by atoms with E-state index in [1.807, 2.05) is 0 Å². The Hall–Kier alpha value is -2.64. The van der Waals surface area contributed by atoms with E-state index in [2.05, 4.69) is 141 Å². The van der Waals surface area contributed by atoms with Crippen LogP contribution in [0.1, 0.15) is 89.1 Å². The van der Waals surface area contributed by atoms with Crippen LogP contribution in [-0.4, -0.2) is 8.80 Å². The minimum Gasteiger partial charge on any atom is -0.0686 e. The Balaban J connectivity index is 1.87. The second-order valence-electron chi connectivity index (χ2n) is 13.9. The Morgan fingerprint density at radius 2 is 1.43 bits per heavy atom. The number of hydrogen-bond donors (Lipinski definition) is 0. The van der Waals surface area contributed by atoms with Gasteiger partial charge < -0.3 is 0 Å². The summed E-state index contributed by atoms with van der Waals surface area (Å²) in [6.07, 6.45) is 12.3. The minimum absolute atomic E-state index is 0.0704. The molecule has 3 aliphatic carbocycles. The number of benzene rings is 2. The summed E-state index contributed by atoms with van der Waals surface area (Å²) < 4.78 is 0. The third kappa shape index (κ3) is 4.11. The smallest absolute Gasteiger partial charge is 0.0658 e. The largest absolute Gasteiger partial charge is 0.0686 e. The molecule has 0 aliphatic heterocycles. The van der Waals surface area contributed by atoms with E-state index in [4.69, 9.17) is 0 Å². The third-order valence-corrected chi connectivity index (χ3v) is 10.7. The fraction of sp³-hybridized carbons (Fsp3) is 0.389. The van der Waals surface area contributed by atoms with Crippen molar-refractivity contribution in [1.82, 2.24) is 0 Å². The van der Waals surface area contributed by atoms with Crippen LogP contribution < -0.4 is 0 Å². The van der Waals surface area contributed by atoms with Crippen LogP contribution in [0.2, 0.25) is 13.1 Å². The van der Waals surface area contributed by atoms with Crippen molar-refractivity contribution in [3.63, 3.8) is 0 Å². The van der Waals surface area contributed by atoms with Gasteiger partial charge in [-0.1, -0.05) is 144 Å². The lowest BCUT2D eigenvalue weighted by atomic mass is 9.58. The highest BCUT2D eigenvalue weighted by Crippen LogP contribution is 2.59. The molecule has 192 valence electrons. The summed E-state index contributed by atoms with van der Waals surface area (Å²) in [5.74, 6) is 0.277. The van der Waals surface area contributed by atoms with Crippen molar-refractivity contribution in [2.24, 2.45) is 0 Å². The lowest BCUT2D eigenvalue weighted by molar-refractivity contribution is 0.531. The molecule has 0 N–H and O–H groups in total. The number of allylic oxidation sites excluding steroid dienone is 9. The molecular formula is C36H44Si. The summed E-state index contributed by atoms with van der Waals surface area (Å²) in [4.78, 5) is 0. The third-order valence-electron chi connectivity index (χ3n) is 8.75. The molecule has 2 atom stereocenters. The molecule has 0 aromatic heterocycles. The zero-order chi connectivity index (χ0) is 26.9. The van der Waals surface area contributed by atoms with Gasteiger partial charge in [-0.05, 0) is 63.6 Å². The van der Waals surface area contributed by atoms with Crippen LogP contribution in [-0.2, 0) is 16.2 Å². The van der Waals surface area contributed by atoms with E-state index in [-0.39, 0.29) is 22.2 Å². The van der Waals surface area contributed by atoms with Crippen molar-refractivity contribution >= 4 is 14.9 Å². The average Bonchev–Trinajstić information content (AvgIpc) is 3.33. The SMILES string of the molecule is CC1=Cc2ccccc2[C@@H]1C1(c2cc(C(C)(C)C)cc(C(C)(C)C)c2)C=CC=C2C1=CC(C)=C2[SiH](C)C. The lowest BCUT2D eigenvalue weighted by Gasteiger charge is -2.44. The Labute approximate surface area is 227 Å². The van der Waals surface area contributed by atoms with Crippen LogP contribution in [0.5, 0.6) is 0 Å². The molecule has 0 fully saturated rings. The highest BCUT2D eigenvalue weighted by atomic mass is 28.3. The molecule has 5 rings (SSSR count). The van der Waals surface area contributed by atoms with E-state index in [0.717, 1.165) is 0 Å². The summed E-state index contributed by atoms with van der Waals surface area (Å²) >= 11 is 0. The normalized spacial score (nSPS) is 23.2. The van der Waals surface area contributed by atoms with Crippen LogP contribution in [0, 0.1) is 0 Å². The first-order valence-corrected chi connectivity index (χ1v) is 16.9. The lowest BCUT2D eigenvalue weighted by Crippen LogP contribution is -2.37. The van der Waals surface area contributed by atoms with Crippen molar-refractivity contribution in [1.29, 1.82) is 0 Å². The van der Waals surface area contributed by atoms with E-state index in [1.165, 1.54) is 50.1 Å². The van der Waals surface area contributed by atoms with Crippen LogP contribution in [0.15, 0.2) is 94.3 Å². The molecule has 0 heterocycles. The maximum atomic E-state index is 2.55. The van der Waals surface area contributed by atoms with E-state index >= 15 is 0 Å². The summed E-state index contributed by atoms with van der Waals surface area (Å²) in [5.41, 5.74) is 12.9. The molecule has 0 saturated heterocycles. The maximum absolute atomic E-state index is 2.55. The Morgan fingerprint density at radius 3 is 2.03 bits per heavy atom. The molecule has 1 unspecified atom stereocenters. The van der Waals surface area contributed by atoms with E-state index in [1.54, 1.807) is 5.20 Å². The van der Waals surface area contributed by atoms with Crippen molar-refractivity contribution in [3.05, 3.63) is 122 Å². The highest BCUT2D eigenvalue weighted by Gasteiger charge is 2.49. The van der Waals surface area contributed by atoms with Crippen LogP contribution in [0.4, 0.5) is 0 Å². The first kappa shape index (κ1) is 26.0. The molecule has 37 heavy (non-hydrogen) atoms. The Bertz CT molecular complexity index is 1390. The molecule has 0 bridgehead atoms. The molecule has 0 nitrogen and oxygen atoms in total. The van der Waals surface area contributed by atoms with Gasteiger partial charge in [0, 0.05) is 11.3 Å². The molecule has 3 aliphatic rings. The quantitative estimate of drug-likeness (QED) is 0.365. The molecule has 2 aromatic carbocycles. The molecule has 0 spiro atoms. The topological polar surface area (TPSA) is 0 Å². The maximum Gasteiger partial charge on any atom is 0.0658 e. The van der Waals surface area contributed by atoms with Gasteiger partial charge in [0.2, 0.25) is 0 Å². The second-order valence-corrected chi connectivity index (χ2v) is 16.8. The van der Waals surface area contributed by atoms with Gasteiger partial charge in [0.25, 0.3) is 0 Å². The Kier molecular flexibility index (Phi) is 6.11. The molecule has 1 heteroatoms. The predicted octanol–water partition coefficient (Wildman–Crippen LogP) is 9.50. The fourth-order valence-electron chi connectivity index (χ4n) is 6.89. The second kappa shape index (κ2) is 8.70. The van der Waals surface area contributed by atoms with Crippen molar-refractivity contribution < 1.29 is 0 Å². The van der Waals surface area contributed by atoms with Gasteiger partial charge in [0.05, 0.1) is 8.80 Å². The van der Waals surface area contributed by atoms with Crippen molar-refractivity contribution in [3.8, 4) is 0 Å². The van der Waals surface area contributed by atoms with E-state index in [0.29, 0.717) is 0 Å². The molecule has 0 radical (unpaired) electrons. The standard InChI is InChI=1S/C36H44Si/c1-23-18-25-14-11-12-15-29(25)32(23)36(17-13-16-30-31(36)19-24(2)33(30)37(9)10)28-21-26(34(3,4)5)20-27(22-28)35(6,7)8/h11-22,32,37H,1-10H3/t32-,36?/m1/s1. The number of hydrogen-bond acceptors (Lipinski definition) is 0. The van der Waals surface area contributed by atoms with Crippen LogP contribution in [0.3, 0.4) is 0 Å². The predicted molar refractivity (Wildman–Crippen MR) is 165 cm³/mol. The first-order chi connectivity index (χ1) is 17.2. The highest BCUT2D eigenvalue weighted by molar-refractivity contribution is 6.66. The summed E-state index contributed by atoms with van der Waals surface area (Å²) in [7, 11) is -1.01. The van der Waals surface area contributed by atoms with Crippen molar-refractivity contribution in [2.45, 2.75) is 90.6 Å². The zero-order valence-corrected chi connectivity index (χ0v) is 25.7. The van der Waals surface area contributed by atoms with Crippen LogP contribution >= 0.6 is 0 Å². The van der Waals surface area contributed by atoms with E-state index < -0.39 is 8.80 Å². The van der Waals surface area contributed by atoms with Gasteiger partial charge in [0.1, 0.15) is 0 Å². The number of fused-ring (bicyclic) bond motifs is 2. The van der Waals surface area contributed by atoms with Gasteiger partial charge >= 0.3 is 0 Å². The molecule has 0 amide bonds. The minimum atomic E-state index is -1.01. The van der Waals surface area contributed by atoms with Gasteiger partial charge in [-0.25, -0.2) is 0 Å². The molecule has 0 saturated carbocycles. The summed E-state index contributed by atoms with van der Waals surface area (Å²) in [5, 5.41) is 1.64. The van der Waals surface area contributed by atoms with E-state index in [9.17, 15) is 0 Å². The van der Waals surface area contributed by atoms with Gasteiger partial charge in [-0.3, -0.25) is 0 Å². The van der Waals surface area contributed by atoms with Crippen LogP contribution in [0.25, 0.3) is 6.08 Å². The molecule has 2 aromatic rings. The zero-order valence-electron chi connectivity index (χ0n) is 24.6. The monoisotopic (exact) mass is 504 g/mol. The Morgan fingerprint density at radius 1 is 0.811 bits per heavy atom. The fourth-order valence-corrected chi connectivity index (χ4v) is 8.76. The number of rotatable bonds is 3. The molecular weight excluding hydrogens is 460 g/mol. The first-order valence-electron chi connectivity index (χ1n) is 14.0. The average molecular weight is 505 g/mol. The van der Waals surface area contributed by atoms with Gasteiger partial charge in [0.15, 0.2) is 0 Å².